The van der Waals surface area contributed by atoms with Crippen LogP contribution in [0.5, 0.6) is 11.5 Å². The van der Waals surface area contributed by atoms with Gasteiger partial charge in [0.05, 0.1) is 11.9 Å². The largest absolute Gasteiger partial charge is 0.457 e. The number of hydrogen-bond acceptors (Lipinski definition) is 6. The van der Waals surface area contributed by atoms with Gasteiger partial charge in [0, 0.05) is 36.2 Å². The van der Waals surface area contributed by atoms with Gasteiger partial charge >= 0.3 is 0 Å². The van der Waals surface area contributed by atoms with Gasteiger partial charge in [0.25, 0.3) is 0 Å². The van der Waals surface area contributed by atoms with Crippen LogP contribution in [-0.4, -0.2) is 23.0 Å². The van der Waals surface area contributed by atoms with E-state index in [0.29, 0.717) is 22.9 Å². The number of nitrogens with zero attached hydrogens (tertiary/aromatic N) is 2. The molecule has 6 heteroatoms. The van der Waals surface area contributed by atoms with Crippen molar-refractivity contribution in [1.82, 2.24) is 4.98 Å². The van der Waals surface area contributed by atoms with Gasteiger partial charge in [-0.25, -0.2) is 0 Å². The normalized spacial score (nSPS) is 11.0. The number of nitrogens with one attached hydrogen (secondary N) is 1. The molecular formula is C27H38N4O2. The van der Waals surface area contributed by atoms with Crippen molar-refractivity contribution in [2.45, 2.75) is 48.0 Å². The Labute approximate surface area is 198 Å². The maximum absolute atomic E-state index is 8.44. The Morgan fingerprint density at radius 3 is 2.33 bits per heavy atom. The summed E-state index contributed by atoms with van der Waals surface area (Å²) in [6.45, 7) is 13.6. The second-order valence-corrected chi connectivity index (χ2v) is 7.54. The Balaban J connectivity index is 0.000000322. The maximum Gasteiger partial charge on any atom is 0.131 e. The van der Waals surface area contributed by atoms with Gasteiger partial charge in [-0.05, 0) is 49.6 Å². The predicted molar refractivity (Wildman–Crippen MR) is 140 cm³/mol. The highest BCUT2D eigenvalue weighted by atomic mass is 16.5. The minimum absolute atomic E-state index is 0.509. The summed E-state index contributed by atoms with van der Waals surface area (Å²) in [4.78, 5) is 3.99. The number of nitrogens with two attached hydrogens (primary N) is 1. The molecule has 0 aliphatic carbocycles. The molecule has 0 aliphatic heterocycles. The highest BCUT2D eigenvalue weighted by Crippen LogP contribution is 2.24. The van der Waals surface area contributed by atoms with Gasteiger partial charge in [-0.1, -0.05) is 63.0 Å². The molecule has 2 aromatic carbocycles. The first-order valence-electron chi connectivity index (χ1n) is 11.4. The number of oxime groups is 1. The molecule has 0 aliphatic rings. The third kappa shape index (κ3) is 10.5. The van der Waals surface area contributed by atoms with Crippen molar-refractivity contribution in [3.63, 3.8) is 0 Å². The summed E-state index contributed by atoms with van der Waals surface area (Å²) in [5, 5.41) is 14.8. The van der Waals surface area contributed by atoms with Crippen LogP contribution in [0.4, 0.5) is 11.4 Å². The van der Waals surface area contributed by atoms with E-state index in [1.807, 2.05) is 32.9 Å². The fraction of sp³-hybridized carbons (Fsp3) is 0.333. The number of aryl methyl sites for hydroxylation is 2. The third-order valence-electron chi connectivity index (χ3n) is 4.83. The smallest absolute Gasteiger partial charge is 0.131 e. The molecule has 0 fully saturated rings. The molecule has 178 valence electrons. The van der Waals surface area contributed by atoms with E-state index in [1.54, 1.807) is 24.4 Å². The number of ether oxygens (including phenoxy) is 1. The van der Waals surface area contributed by atoms with E-state index in [0.717, 1.165) is 18.0 Å². The van der Waals surface area contributed by atoms with Gasteiger partial charge in [-0.3, -0.25) is 4.98 Å². The van der Waals surface area contributed by atoms with Crippen LogP contribution in [0.25, 0.3) is 0 Å². The van der Waals surface area contributed by atoms with Crippen LogP contribution in [0.2, 0.25) is 0 Å². The van der Waals surface area contributed by atoms with Crippen LogP contribution in [0.15, 0.2) is 65.9 Å². The molecule has 0 radical (unpaired) electrons. The number of pyridine rings is 1. The highest BCUT2D eigenvalue weighted by Gasteiger charge is 2.01. The zero-order valence-corrected chi connectivity index (χ0v) is 20.7. The molecule has 0 spiro atoms. The Hall–Kier alpha value is -3.54. The van der Waals surface area contributed by atoms with Gasteiger partial charge < -0.3 is 21.0 Å². The van der Waals surface area contributed by atoms with Crippen molar-refractivity contribution >= 4 is 17.6 Å². The molecule has 0 saturated carbocycles. The summed E-state index contributed by atoms with van der Waals surface area (Å²) in [7, 11) is 0. The molecule has 0 amide bonds. The zero-order valence-electron chi connectivity index (χ0n) is 20.7. The minimum Gasteiger partial charge on any atom is -0.457 e. The Bertz CT molecular complexity index is 972. The molecule has 3 rings (SSSR count). The number of nitrogen functional groups attached to an aromatic ring is 1. The topological polar surface area (TPSA) is 92.8 Å². The molecule has 1 aromatic heterocycles. The van der Waals surface area contributed by atoms with Crippen LogP contribution >= 0.6 is 0 Å². The lowest BCUT2D eigenvalue weighted by molar-refractivity contribution is 0.321. The Morgan fingerprint density at radius 1 is 1.06 bits per heavy atom. The first-order valence-corrected chi connectivity index (χ1v) is 11.4. The fourth-order valence-electron chi connectivity index (χ4n) is 2.55. The van der Waals surface area contributed by atoms with Crippen molar-refractivity contribution in [2.75, 3.05) is 17.6 Å². The van der Waals surface area contributed by atoms with Gasteiger partial charge in [0.15, 0.2) is 0 Å². The fourth-order valence-corrected chi connectivity index (χ4v) is 2.55. The van der Waals surface area contributed by atoms with Gasteiger partial charge in [0.1, 0.15) is 11.5 Å². The van der Waals surface area contributed by atoms with Crippen molar-refractivity contribution < 1.29 is 9.94 Å². The molecule has 0 saturated heterocycles. The SMILES string of the molecule is CC.CCC(C)CNc1ccc(C)cc1.Cc1ccc(Oc2ccnc(/C=N\O)c2)cc1N. The highest BCUT2D eigenvalue weighted by molar-refractivity contribution is 5.76. The summed E-state index contributed by atoms with van der Waals surface area (Å²) >= 11 is 0. The Morgan fingerprint density at radius 2 is 1.73 bits per heavy atom. The number of hydrogen-bond donors (Lipinski definition) is 3. The van der Waals surface area contributed by atoms with Crippen LogP contribution in [0, 0.1) is 19.8 Å². The summed E-state index contributed by atoms with van der Waals surface area (Å²) in [6, 6.07) is 17.4. The van der Waals surface area contributed by atoms with Crippen LogP contribution in [0.1, 0.15) is 50.9 Å². The van der Waals surface area contributed by atoms with E-state index < -0.39 is 0 Å². The lowest BCUT2D eigenvalue weighted by Crippen LogP contribution is -2.09. The quantitative estimate of drug-likeness (QED) is 0.155. The molecule has 1 heterocycles. The summed E-state index contributed by atoms with van der Waals surface area (Å²) in [5.41, 5.74) is 10.5. The van der Waals surface area contributed by atoms with E-state index in [2.05, 4.69) is 60.5 Å². The van der Waals surface area contributed by atoms with Crippen molar-refractivity contribution in [1.29, 1.82) is 0 Å². The number of benzene rings is 2. The van der Waals surface area contributed by atoms with Crippen LogP contribution in [0.3, 0.4) is 0 Å². The molecule has 0 bridgehead atoms. The van der Waals surface area contributed by atoms with E-state index >= 15 is 0 Å². The summed E-state index contributed by atoms with van der Waals surface area (Å²) in [5.74, 6) is 2.00. The first-order chi connectivity index (χ1) is 15.9. The van der Waals surface area contributed by atoms with Crippen molar-refractivity contribution in [3.8, 4) is 11.5 Å². The van der Waals surface area contributed by atoms with Crippen LogP contribution < -0.4 is 15.8 Å². The molecular weight excluding hydrogens is 412 g/mol. The molecule has 1 unspecified atom stereocenters. The minimum atomic E-state index is 0.509. The molecule has 6 nitrogen and oxygen atoms in total. The average molecular weight is 451 g/mol. The van der Waals surface area contributed by atoms with Crippen molar-refractivity contribution in [3.05, 3.63) is 77.6 Å². The molecule has 3 aromatic rings. The predicted octanol–water partition coefficient (Wildman–Crippen LogP) is 7.05. The summed E-state index contributed by atoms with van der Waals surface area (Å²) < 4.78 is 5.64. The van der Waals surface area contributed by atoms with Crippen LogP contribution in [-0.2, 0) is 0 Å². The number of anilines is 2. The third-order valence-corrected chi connectivity index (χ3v) is 4.83. The average Bonchev–Trinajstić information content (AvgIpc) is 2.83. The molecule has 1 atom stereocenters. The molecule has 4 N–H and O–H groups in total. The lowest BCUT2D eigenvalue weighted by Gasteiger charge is -2.11. The monoisotopic (exact) mass is 450 g/mol. The van der Waals surface area contributed by atoms with Gasteiger partial charge in [-0.15, -0.1) is 0 Å². The summed E-state index contributed by atoms with van der Waals surface area (Å²) in [6.07, 6.45) is 4.04. The van der Waals surface area contributed by atoms with Gasteiger partial charge in [-0.2, -0.15) is 0 Å². The number of rotatable bonds is 7. The molecule has 33 heavy (non-hydrogen) atoms. The first kappa shape index (κ1) is 27.5. The van der Waals surface area contributed by atoms with E-state index in [4.69, 9.17) is 15.7 Å². The zero-order chi connectivity index (χ0) is 24.6. The maximum atomic E-state index is 8.44. The lowest BCUT2D eigenvalue weighted by atomic mass is 10.1. The van der Waals surface area contributed by atoms with Crippen molar-refractivity contribution in [2.24, 2.45) is 11.1 Å². The standard InChI is InChI=1S/C13H13N3O2.C12H19N.C2H6/c1-9-2-3-11(7-13(9)14)18-12-4-5-15-10(6-12)8-16-17;1-4-10(2)9-13-12-7-5-11(3)6-8-12;1-2/h2-8,17H,14H2,1H3;5-8,10,13H,4,9H2,1-3H3;1-2H3/b16-8-;;. The van der Waals surface area contributed by atoms with E-state index in [-0.39, 0.29) is 0 Å². The van der Waals surface area contributed by atoms with Gasteiger partial charge in [0.2, 0.25) is 0 Å². The second kappa shape index (κ2) is 15.3. The van der Waals surface area contributed by atoms with E-state index in [9.17, 15) is 0 Å². The number of aromatic nitrogens is 1. The van der Waals surface area contributed by atoms with E-state index in [1.165, 1.54) is 23.9 Å². The Kier molecular flexibility index (Phi) is 12.7. The second-order valence-electron chi connectivity index (χ2n) is 7.54.